The molecule has 0 bridgehead atoms. The van der Waals surface area contributed by atoms with Gasteiger partial charge in [-0.15, -0.1) is 0 Å². The molecule has 136 valence electrons. The second-order valence-electron chi connectivity index (χ2n) is 6.46. The van der Waals surface area contributed by atoms with Crippen molar-refractivity contribution in [2.45, 2.75) is 36.7 Å². The summed E-state index contributed by atoms with van der Waals surface area (Å²) in [6, 6.07) is 8.65. The lowest BCUT2D eigenvalue weighted by Gasteiger charge is -2.43. The monoisotopic (exact) mass is 372 g/mol. The Labute approximate surface area is 155 Å². The van der Waals surface area contributed by atoms with Gasteiger partial charge in [0.2, 0.25) is 11.8 Å². The quantitative estimate of drug-likeness (QED) is 0.554. The highest BCUT2D eigenvalue weighted by atomic mass is 32.2. The van der Waals surface area contributed by atoms with Gasteiger partial charge in [0.1, 0.15) is 17.2 Å². The maximum Gasteiger partial charge on any atom is 0.250 e. The molecule has 1 aliphatic rings. The van der Waals surface area contributed by atoms with E-state index in [0.717, 1.165) is 11.8 Å². The molecule has 2 heterocycles. The molecule has 0 saturated carbocycles. The van der Waals surface area contributed by atoms with E-state index in [1.54, 1.807) is 32.9 Å². The summed E-state index contributed by atoms with van der Waals surface area (Å²) in [7, 11) is 0. The first-order valence-corrected chi connectivity index (χ1v) is 8.89. The number of hydrogen-bond donors (Lipinski definition) is 3. The van der Waals surface area contributed by atoms with Gasteiger partial charge >= 0.3 is 0 Å². The first-order chi connectivity index (χ1) is 12.2. The van der Waals surface area contributed by atoms with E-state index in [1.807, 2.05) is 12.1 Å². The van der Waals surface area contributed by atoms with Gasteiger partial charge in [-0.2, -0.15) is 0 Å². The van der Waals surface area contributed by atoms with Crippen LogP contribution in [0, 0.1) is 0 Å². The van der Waals surface area contributed by atoms with Crippen molar-refractivity contribution < 1.29 is 9.59 Å². The third kappa shape index (κ3) is 3.17. The van der Waals surface area contributed by atoms with Crippen LogP contribution in [0.1, 0.15) is 20.8 Å². The minimum absolute atomic E-state index is 0.230. The number of benzene rings is 1. The molecule has 1 aliphatic heterocycles. The zero-order valence-electron chi connectivity index (χ0n) is 14.7. The van der Waals surface area contributed by atoms with Gasteiger partial charge in [-0.3, -0.25) is 14.5 Å². The van der Waals surface area contributed by atoms with E-state index in [-0.39, 0.29) is 23.5 Å². The van der Waals surface area contributed by atoms with Gasteiger partial charge in [-0.05, 0) is 32.9 Å². The molecule has 2 aromatic rings. The summed E-state index contributed by atoms with van der Waals surface area (Å²) in [5.41, 5.74) is 11.6. The van der Waals surface area contributed by atoms with E-state index in [9.17, 15) is 9.59 Å². The molecule has 1 aromatic heterocycles. The fourth-order valence-electron chi connectivity index (χ4n) is 2.75. The number of thioether (sulfide) groups is 1. The molecule has 5 N–H and O–H groups in total. The molecule has 26 heavy (non-hydrogen) atoms. The van der Waals surface area contributed by atoms with Crippen LogP contribution in [-0.2, 0) is 9.59 Å². The first kappa shape index (κ1) is 18.0. The lowest BCUT2D eigenvalue weighted by molar-refractivity contribution is -0.126. The minimum Gasteiger partial charge on any atom is -0.383 e. The molecule has 0 radical (unpaired) electrons. The third-order valence-electron chi connectivity index (χ3n) is 4.10. The van der Waals surface area contributed by atoms with Crippen molar-refractivity contribution in [1.29, 1.82) is 0 Å². The van der Waals surface area contributed by atoms with Gasteiger partial charge in [0.25, 0.3) is 0 Å². The van der Waals surface area contributed by atoms with E-state index in [1.165, 1.54) is 11.0 Å². The lowest BCUT2D eigenvalue weighted by Crippen LogP contribution is -2.60. The molecule has 1 aromatic carbocycles. The molecule has 0 fully saturated rings. The van der Waals surface area contributed by atoms with E-state index in [4.69, 9.17) is 11.5 Å². The SMILES string of the molecule is CC(Sc1nc(N)cc(N)n1)C(=O)N1c2ccccc2NC(=O)C1(C)C. The number of anilines is 4. The molecular formula is C17H20N6O2S. The topological polar surface area (TPSA) is 127 Å². The highest BCUT2D eigenvalue weighted by Crippen LogP contribution is 2.38. The van der Waals surface area contributed by atoms with Gasteiger partial charge in [0, 0.05) is 6.07 Å². The second kappa shape index (κ2) is 6.49. The van der Waals surface area contributed by atoms with E-state index in [2.05, 4.69) is 15.3 Å². The molecule has 3 rings (SSSR count). The Kier molecular flexibility index (Phi) is 4.49. The summed E-state index contributed by atoms with van der Waals surface area (Å²) in [6.45, 7) is 5.16. The van der Waals surface area contributed by atoms with Gasteiger partial charge in [-0.1, -0.05) is 23.9 Å². The average molecular weight is 372 g/mol. The standard InChI is InChI=1S/C17H20N6O2S/c1-9(26-16-21-12(18)8-13(19)22-16)14(24)23-11-7-5-4-6-10(11)20-15(25)17(23,2)3/h4-9H,1-3H3,(H,20,25)(H4,18,19,21,22). The summed E-state index contributed by atoms with van der Waals surface area (Å²) in [5.74, 6) is 0.00319. The van der Waals surface area contributed by atoms with Crippen molar-refractivity contribution in [3.05, 3.63) is 30.3 Å². The Hall–Kier alpha value is -2.81. The van der Waals surface area contributed by atoms with Gasteiger partial charge in [-0.25, -0.2) is 9.97 Å². The number of carbonyl (C=O) groups is 2. The summed E-state index contributed by atoms with van der Waals surface area (Å²) < 4.78 is 0. The van der Waals surface area contributed by atoms with Crippen molar-refractivity contribution in [3.63, 3.8) is 0 Å². The molecule has 8 nitrogen and oxygen atoms in total. The number of aromatic nitrogens is 2. The number of para-hydroxylation sites is 2. The predicted molar refractivity (Wildman–Crippen MR) is 103 cm³/mol. The fraction of sp³-hybridized carbons (Fsp3) is 0.294. The number of rotatable bonds is 3. The van der Waals surface area contributed by atoms with Crippen molar-refractivity contribution in [3.8, 4) is 0 Å². The molecule has 0 aliphatic carbocycles. The number of nitrogens with zero attached hydrogens (tertiary/aromatic N) is 3. The number of hydrogen-bond acceptors (Lipinski definition) is 7. The smallest absolute Gasteiger partial charge is 0.250 e. The van der Waals surface area contributed by atoms with Crippen LogP contribution in [0.2, 0.25) is 0 Å². The van der Waals surface area contributed by atoms with Crippen molar-refractivity contribution in [2.24, 2.45) is 0 Å². The largest absolute Gasteiger partial charge is 0.383 e. The zero-order chi connectivity index (χ0) is 19.1. The molecule has 1 unspecified atom stereocenters. The molecule has 0 spiro atoms. The maximum absolute atomic E-state index is 13.2. The van der Waals surface area contributed by atoms with E-state index >= 15 is 0 Å². The normalized spacial score (nSPS) is 16.6. The Balaban J connectivity index is 1.93. The zero-order valence-corrected chi connectivity index (χ0v) is 15.5. The van der Waals surface area contributed by atoms with Crippen LogP contribution in [0.15, 0.2) is 35.5 Å². The second-order valence-corrected chi connectivity index (χ2v) is 7.77. The third-order valence-corrected chi connectivity index (χ3v) is 5.05. The van der Waals surface area contributed by atoms with Crippen molar-refractivity contribution in [1.82, 2.24) is 9.97 Å². The highest BCUT2D eigenvalue weighted by Gasteiger charge is 2.44. The lowest BCUT2D eigenvalue weighted by atomic mass is 9.96. The number of fused-ring (bicyclic) bond motifs is 1. The number of carbonyl (C=O) groups excluding carboxylic acids is 2. The summed E-state index contributed by atoms with van der Waals surface area (Å²) in [6.07, 6.45) is 0. The summed E-state index contributed by atoms with van der Waals surface area (Å²) in [5, 5.41) is 2.61. The van der Waals surface area contributed by atoms with Crippen molar-refractivity contribution >= 4 is 46.6 Å². The van der Waals surface area contributed by atoms with Crippen LogP contribution >= 0.6 is 11.8 Å². The van der Waals surface area contributed by atoms with E-state index < -0.39 is 10.8 Å². The molecular weight excluding hydrogens is 352 g/mol. The van der Waals surface area contributed by atoms with Crippen molar-refractivity contribution in [2.75, 3.05) is 21.7 Å². The summed E-state index contributed by atoms with van der Waals surface area (Å²) in [4.78, 5) is 35.4. The van der Waals surface area contributed by atoms with Gasteiger partial charge < -0.3 is 16.8 Å². The number of nitrogens with one attached hydrogen (secondary N) is 1. The van der Waals surface area contributed by atoms with Crippen LogP contribution in [0.5, 0.6) is 0 Å². The Morgan fingerprint density at radius 1 is 1.23 bits per heavy atom. The number of nitrogen functional groups attached to an aromatic ring is 2. The van der Waals surface area contributed by atoms with E-state index in [0.29, 0.717) is 16.5 Å². The fourth-order valence-corrected chi connectivity index (χ4v) is 3.59. The van der Waals surface area contributed by atoms with Crippen LogP contribution in [0.25, 0.3) is 0 Å². The predicted octanol–water partition coefficient (Wildman–Crippen LogP) is 1.89. The maximum atomic E-state index is 13.2. The molecule has 0 saturated heterocycles. The summed E-state index contributed by atoms with van der Waals surface area (Å²) >= 11 is 1.15. The van der Waals surface area contributed by atoms with Crippen LogP contribution in [0.4, 0.5) is 23.0 Å². The Bertz CT molecular complexity index is 865. The highest BCUT2D eigenvalue weighted by molar-refractivity contribution is 8.00. The molecule has 1 atom stereocenters. The Morgan fingerprint density at radius 2 is 1.85 bits per heavy atom. The van der Waals surface area contributed by atoms with Gasteiger partial charge in [0.15, 0.2) is 5.16 Å². The van der Waals surface area contributed by atoms with Crippen LogP contribution in [0.3, 0.4) is 0 Å². The number of nitrogens with two attached hydrogens (primary N) is 2. The molecule has 9 heteroatoms. The minimum atomic E-state index is -1.03. The van der Waals surface area contributed by atoms with Gasteiger partial charge in [0.05, 0.1) is 16.6 Å². The van der Waals surface area contributed by atoms with Crippen LogP contribution < -0.4 is 21.7 Å². The Morgan fingerprint density at radius 3 is 2.50 bits per heavy atom. The first-order valence-electron chi connectivity index (χ1n) is 8.01. The number of amides is 2. The van der Waals surface area contributed by atoms with Crippen LogP contribution in [-0.4, -0.2) is 32.6 Å². The molecule has 2 amide bonds. The average Bonchev–Trinajstić information content (AvgIpc) is 2.54.